The Morgan fingerprint density at radius 2 is 0.961 bits per heavy atom. The van der Waals surface area contributed by atoms with Crippen molar-refractivity contribution in [2.24, 2.45) is 0 Å². The molecular weight excluding hydrogens is 688 g/mol. The second-order valence-electron chi connectivity index (χ2n) is 15.3. The van der Waals surface area contributed by atoms with Crippen molar-refractivity contribution in [3.63, 3.8) is 0 Å². The number of hydrogen-bond acceptors (Lipinski definition) is 16. The third kappa shape index (κ3) is 23.6. The van der Waals surface area contributed by atoms with E-state index in [-0.39, 0.29) is 37.9 Å². The monoisotopic (exact) mass is 750 g/mol. The lowest BCUT2D eigenvalue weighted by molar-refractivity contribution is -0.432. The van der Waals surface area contributed by atoms with E-state index in [2.05, 4.69) is 20.0 Å². The predicted molar refractivity (Wildman–Crippen MR) is 191 cm³/mol. The highest BCUT2D eigenvalue weighted by Crippen LogP contribution is 2.12. The van der Waals surface area contributed by atoms with Crippen LogP contribution in [0.2, 0.25) is 0 Å². The maximum absolute atomic E-state index is 13.3. The third-order valence-electron chi connectivity index (χ3n) is 6.93. The molecule has 1 aliphatic heterocycles. The summed E-state index contributed by atoms with van der Waals surface area (Å²) in [5.74, 6) is -2.11. The van der Waals surface area contributed by atoms with Crippen LogP contribution in [-0.4, -0.2) is 168 Å². The van der Waals surface area contributed by atoms with E-state index in [9.17, 15) is 24.0 Å². The van der Waals surface area contributed by atoms with Crippen LogP contribution in [0.1, 0.15) is 69.2 Å². The lowest BCUT2D eigenvalue weighted by Gasteiger charge is -2.34. The van der Waals surface area contributed by atoms with E-state index in [4.69, 9.17) is 19.5 Å². The number of hydrogen-bond donors (Lipinski definition) is 3. The van der Waals surface area contributed by atoms with Gasteiger partial charge in [-0.3, -0.25) is 43.6 Å². The SMILES string of the molecule is CCNC(=O)[C@@H](CSOOO)NC(=O)CN1CCN(CC(=O)OC(C)(C)C)CCN(CC(=O)OC(C)(C)C)CCN(CC(=O)OC(C)(C)C)CC1. The van der Waals surface area contributed by atoms with Crippen LogP contribution >= 0.6 is 12.0 Å². The highest BCUT2D eigenvalue weighted by molar-refractivity contribution is 7.94. The summed E-state index contributed by atoms with van der Waals surface area (Å²) < 4.78 is 21.2. The lowest BCUT2D eigenvalue weighted by atomic mass is 10.2. The van der Waals surface area contributed by atoms with Crippen molar-refractivity contribution in [3.05, 3.63) is 0 Å². The molecule has 1 rings (SSSR count). The zero-order valence-corrected chi connectivity index (χ0v) is 33.0. The standard InChI is InChI=1S/C33H62N6O11S/c1-11-34-30(44)25(24-51-50-49-45)35-26(40)20-36-12-14-37(21-27(41)46-31(2,3)4)16-18-39(23-29(43)48-33(8,9)10)19-17-38(15-13-36)22-28(42)47-32(5,6)7/h25,45H,11-24H2,1-10H3,(H,34,44)(H,35,40)/t25-/m1/s1. The van der Waals surface area contributed by atoms with Crippen molar-refractivity contribution in [2.75, 3.05) is 90.8 Å². The number of likely N-dealkylation sites (N-methyl/N-ethyl adjacent to an activating group) is 1. The minimum Gasteiger partial charge on any atom is -0.459 e. The molecule has 0 radical (unpaired) electrons. The average Bonchev–Trinajstić information content (AvgIpc) is 2.95. The molecule has 3 N–H and O–H groups in total. The number of nitrogens with zero attached hydrogens (tertiary/aromatic N) is 4. The van der Waals surface area contributed by atoms with Gasteiger partial charge in [-0.2, -0.15) is 0 Å². The number of ether oxygens (including phenoxy) is 3. The number of rotatable bonds is 15. The maximum Gasteiger partial charge on any atom is 0.320 e. The minimum atomic E-state index is -0.978. The molecule has 0 aromatic carbocycles. The Balaban J connectivity index is 3.31. The molecule has 1 heterocycles. The quantitative estimate of drug-likeness (QED) is 0.0535. The Labute approximate surface area is 307 Å². The smallest absolute Gasteiger partial charge is 0.320 e. The van der Waals surface area contributed by atoms with Crippen molar-refractivity contribution in [1.29, 1.82) is 0 Å². The highest BCUT2D eigenvalue weighted by atomic mass is 32.2. The van der Waals surface area contributed by atoms with E-state index in [1.807, 2.05) is 19.6 Å². The molecule has 1 atom stereocenters. The predicted octanol–water partition coefficient (Wildman–Crippen LogP) is 0.923. The van der Waals surface area contributed by atoms with Gasteiger partial charge in [-0.25, -0.2) is 5.26 Å². The largest absolute Gasteiger partial charge is 0.459 e. The van der Waals surface area contributed by atoms with E-state index in [1.54, 1.807) is 69.2 Å². The summed E-state index contributed by atoms with van der Waals surface area (Å²) in [4.78, 5) is 72.3. The summed E-state index contributed by atoms with van der Waals surface area (Å²) in [6.45, 7) is 21.2. The van der Waals surface area contributed by atoms with E-state index in [0.29, 0.717) is 70.9 Å². The lowest BCUT2D eigenvalue weighted by Crippen LogP contribution is -2.53. The second kappa shape index (κ2) is 22.5. The number of esters is 3. The van der Waals surface area contributed by atoms with Crippen LogP contribution < -0.4 is 10.6 Å². The minimum absolute atomic E-state index is 0.00817. The Kier molecular flexibility index (Phi) is 20.5. The van der Waals surface area contributed by atoms with E-state index >= 15 is 0 Å². The van der Waals surface area contributed by atoms with Gasteiger partial charge in [0.25, 0.3) is 0 Å². The Morgan fingerprint density at radius 1 is 0.627 bits per heavy atom. The van der Waals surface area contributed by atoms with E-state index in [0.717, 1.165) is 0 Å². The first-order valence-corrected chi connectivity index (χ1v) is 18.2. The highest BCUT2D eigenvalue weighted by Gasteiger charge is 2.27. The molecule has 0 aromatic heterocycles. The van der Waals surface area contributed by atoms with Gasteiger partial charge in [0.05, 0.1) is 31.9 Å². The van der Waals surface area contributed by atoms with Crippen LogP contribution in [-0.2, 0) is 47.6 Å². The molecule has 0 aromatic rings. The van der Waals surface area contributed by atoms with Gasteiger partial charge in [-0.1, -0.05) is 5.04 Å². The summed E-state index contributed by atoms with van der Waals surface area (Å²) in [6.07, 6.45) is 0. The molecule has 0 aliphatic carbocycles. The van der Waals surface area contributed by atoms with E-state index in [1.165, 1.54) is 0 Å². The van der Waals surface area contributed by atoms with Crippen LogP contribution in [0.15, 0.2) is 0 Å². The molecule has 0 unspecified atom stereocenters. The molecule has 296 valence electrons. The van der Waals surface area contributed by atoms with Crippen LogP contribution in [0.5, 0.6) is 0 Å². The summed E-state index contributed by atoms with van der Waals surface area (Å²) in [5, 5.41) is 17.5. The van der Waals surface area contributed by atoms with Crippen LogP contribution in [0.25, 0.3) is 0 Å². The maximum atomic E-state index is 13.3. The first-order valence-electron chi connectivity index (χ1n) is 17.3. The molecule has 17 nitrogen and oxygen atoms in total. The van der Waals surface area contributed by atoms with Gasteiger partial charge < -0.3 is 24.8 Å². The number of amides is 2. The summed E-state index contributed by atoms with van der Waals surface area (Å²) >= 11 is 0.649. The van der Waals surface area contributed by atoms with Crippen LogP contribution in [0.3, 0.4) is 0 Å². The molecule has 0 bridgehead atoms. The first kappa shape index (κ1) is 46.4. The van der Waals surface area contributed by atoms with Crippen molar-refractivity contribution in [1.82, 2.24) is 30.2 Å². The van der Waals surface area contributed by atoms with Gasteiger partial charge in [0.2, 0.25) is 11.8 Å². The zero-order chi connectivity index (χ0) is 38.8. The molecule has 0 saturated carbocycles. The van der Waals surface area contributed by atoms with Crippen molar-refractivity contribution >= 4 is 41.8 Å². The Bertz CT molecular complexity index is 1060. The Hall–Kier alpha value is -2.58. The van der Waals surface area contributed by atoms with Gasteiger partial charge in [-0.05, 0) is 69.2 Å². The fraction of sp³-hybridized carbons (Fsp3) is 0.848. The molecule has 0 spiro atoms. The van der Waals surface area contributed by atoms with Gasteiger partial charge in [-0.15, -0.1) is 4.33 Å². The average molecular weight is 751 g/mol. The molecular formula is C33H62N6O11S. The van der Waals surface area contributed by atoms with Gasteiger partial charge in [0.15, 0.2) is 0 Å². The summed E-state index contributed by atoms with van der Waals surface area (Å²) in [5.41, 5.74) is -2.02. The third-order valence-corrected chi connectivity index (χ3v) is 7.56. The molecule has 1 saturated heterocycles. The normalized spacial score (nSPS) is 17.4. The molecule has 2 amide bonds. The van der Waals surface area contributed by atoms with E-state index < -0.39 is 46.6 Å². The summed E-state index contributed by atoms with van der Waals surface area (Å²) in [7, 11) is 0. The molecule has 51 heavy (non-hydrogen) atoms. The molecule has 18 heteroatoms. The zero-order valence-electron chi connectivity index (χ0n) is 32.2. The van der Waals surface area contributed by atoms with Crippen molar-refractivity contribution in [3.8, 4) is 0 Å². The van der Waals surface area contributed by atoms with Crippen LogP contribution in [0.4, 0.5) is 0 Å². The fourth-order valence-corrected chi connectivity index (χ4v) is 5.39. The van der Waals surface area contributed by atoms with Crippen molar-refractivity contribution in [2.45, 2.75) is 92.1 Å². The number of nitrogens with one attached hydrogen (secondary N) is 2. The molecule has 1 aliphatic rings. The fourth-order valence-electron chi connectivity index (χ4n) is 4.92. The molecule has 1 fully saturated rings. The van der Waals surface area contributed by atoms with Crippen molar-refractivity contribution < 1.29 is 52.8 Å². The Morgan fingerprint density at radius 3 is 1.25 bits per heavy atom. The first-order chi connectivity index (χ1) is 23.6. The van der Waals surface area contributed by atoms with Crippen LogP contribution in [0, 0.1) is 0 Å². The second-order valence-corrected chi connectivity index (χ2v) is 16.0. The summed E-state index contributed by atoms with van der Waals surface area (Å²) in [6, 6.07) is -0.978. The number of carbonyl (C=O) groups excluding carboxylic acids is 5. The van der Waals surface area contributed by atoms with Gasteiger partial charge in [0.1, 0.15) is 22.8 Å². The topological polar surface area (TPSA) is 189 Å². The number of carbonyl (C=O) groups is 5. The van der Waals surface area contributed by atoms with Gasteiger partial charge >= 0.3 is 17.9 Å². The van der Waals surface area contributed by atoms with Gasteiger partial charge in [0, 0.05) is 70.9 Å².